The summed E-state index contributed by atoms with van der Waals surface area (Å²) in [5, 5.41) is 27.0. The summed E-state index contributed by atoms with van der Waals surface area (Å²) in [6.07, 6.45) is 3.08. The van der Waals surface area contributed by atoms with Gasteiger partial charge in [0, 0.05) is 52.1 Å². The topological polar surface area (TPSA) is 148 Å². The summed E-state index contributed by atoms with van der Waals surface area (Å²) in [5.41, 5.74) is 3.77. The summed E-state index contributed by atoms with van der Waals surface area (Å²) < 4.78 is 14.3. The van der Waals surface area contributed by atoms with Gasteiger partial charge in [0.1, 0.15) is 21.5 Å². The number of benzene rings is 3. The minimum absolute atomic E-state index is 0.0339. The van der Waals surface area contributed by atoms with Crippen LogP contribution in [-0.2, 0) is 9.59 Å². The van der Waals surface area contributed by atoms with Gasteiger partial charge in [0.05, 0.1) is 0 Å². The zero-order chi connectivity index (χ0) is 31.2. The van der Waals surface area contributed by atoms with Gasteiger partial charge in [-0.05, 0) is 60.7 Å². The smallest absolute Gasteiger partial charge is 0.226 e. The average Bonchev–Trinajstić information content (AvgIpc) is 3.72. The van der Waals surface area contributed by atoms with Gasteiger partial charge in [-0.3, -0.25) is 14.6 Å². The van der Waals surface area contributed by atoms with Crippen molar-refractivity contribution < 1.29 is 14.0 Å². The molecule has 0 saturated heterocycles. The molecule has 0 atom stereocenters. The number of nitrogens with one attached hydrogen (secondary N) is 3. The van der Waals surface area contributed by atoms with Crippen LogP contribution in [-0.4, -0.2) is 42.2 Å². The molecule has 15 heteroatoms. The number of rotatable bonds is 10. The maximum atomic E-state index is 13.4. The summed E-state index contributed by atoms with van der Waals surface area (Å²) >= 11 is 5.86. The van der Waals surface area contributed by atoms with Crippen LogP contribution in [0.5, 0.6) is 0 Å². The van der Waals surface area contributed by atoms with Crippen LogP contribution in [0.1, 0.15) is 12.8 Å². The summed E-state index contributed by atoms with van der Waals surface area (Å²) in [6, 6.07) is 21.1. The molecule has 0 fully saturated rings. The van der Waals surface area contributed by atoms with E-state index in [1.165, 1.54) is 34.8 Å². The normalized spacial score (nSPS) is 10.8. The number of aromatic nitrogens is 6. The van der Waals surface area contributed by atoms with E-state index in [4.69, 9.17) is 0 Å². The first-order valence-corrected chi connectivity index (χ1v) is 15.8. The first-order chi connectivity index (χ1) is 21.9. The van der Waals surface area contributed by atoms with Crippen LogP contribution in [0.4, 0.5) is 26.2 Å². The van der Waals surface area contributed by atoms with Crippen molar-refractivity contribution in [3.63, 3.8) is 0 Å². The van der Waals surface area contributed by atoms with E-state index in [1.54, 1.807) is 24.5 Å². The maximum Gasteiger partial charge on any atom is 0.226 e. The van der Waals surface area contributed by atoms with Crippen molar-refractivity contribution >= 4 is 72.2 Å². The van der Waals surface area contributed by atoms with Gasteiger partial charge in [-0.15, -0.1) is 20.4 Å². The van der Waals surface area contributed by atoms with E-state index in [0.29, 0.717) is 31.8 Å². The zero-order valence-electron chi connectivity index (χ0n) is 23.1. The molecule has 3 N–H and O–H groups in total. The summed E-state index contributed by atoms with van der Waals surface area (Å²) in [4.78, 5) is 33.6. The van der Waals surface area contributed by atoms with Crippen molar-refractivity contribution in [3.8, 4) is 32.4 Å². The molecule has 0 radical (unpaired) electrons. The second kappa shape index (κ2) is 13.8. The van der Waals surface area contributed by atoms with Crippen LogP contribution in [0.15, 0.2) is 89.7 Å². The molecule has 0 aliphatic heterocycles. The molecule has 3 aromatic carbocycles. The number of amides is 2. The average molecular weight is 703 g/mol. The van der Waals surface area contributed by atoms with Gasteiger partial charge in [0.15, 0.2) is 5.82 Å². The zero-order valence-corrected chi connectivity index (χ0v) is 26.3. The van der Waals surface area contributed by atoms with E-state index in [-0.39, 0.29) is 30.5 Å². The molecule has 3 heterocycles. The fourth-order valence-corrected chi connectivity index (χ4v) is 5.84. The molecular weight excluding hydrogens is 681 g/mol. The highest BCUT2D eigenvalue weighted by Gasteiger charge is 2.14. The number of carbonyl (C=O) groups is 2. The summed E-state index contributed by atoms with van der Waals surface area (Å²) in [6.45, 7) is 0. The minimum Gasteiger partial charge on any atom is -0.338 e. The molecule has 0 aliphatic carbocycles. The lowest BCUT2D eigenvalue weighted by Gasteiger charge is -2.10. The van der Waals surface area contributed by atoms with Crippen molar-refractivity contribution in [2.45, 2.75) is 12.8 Å². The molecule has 2 amide bonds. The molecule has 11 nitrogen and oxygen atoms in total. The lowest BCUT2D eigenvalue weighted by Crippen LogP contribution is -2.17. The molecule has 224 valence electrons. The number of carbonyl (C=O) groups excluding carboxylic acids is 2. The number of hydrogen-bond acceptors (Lipinski definition) is 11. The van der Waals surface area contributed by atoms with E-state index >= 15 is 0 Å². The summed E-state index contributed by atoms with van der Waals surface area (Å²) in [7, 11) is 0. The van der Waals surface area contributed by atoms with E-state index < -0.39 is 0 Å². The molecule has 6 aromatic rings. The Morgan fingerprint density at radius 1 is 0.667 bits per heavy atom. The number of halogens is 2. The largest absolute Gasteiger partial charge is 0.338 e. The second-order valence-electron chi connectivity index (χ2n) is 9.39. The van der Waals surface area contributed by atoms with Crippen LogP contribution >= 0.6 is 38.6 Å². The Labute approximate surface area is 272 Å². The SMILES string of the molecule is O=C(CCC(=O)Nc1nnc(-c2ccc(Nc3nccnc3-c3ccc(F)cc3)cc2)s1)Nc1nnc(-c2ccc(Br)cc2)s1. The molecule has 0 bridgehead atoms. The van der Waals surface area contributed by atoms with E-state index in [9.17, 15) is 14.0 Å². The molecule has 0 spiro atoms. The van der Waals surface area contributed by atoms with Crippen LogP contribution in [0.2, 0.25) is 0 Å². The monoisotopic (exact) mass is 701 g/mol. The highest BCUT2D eigenvalue weighted by atomic mass is 79.9. The molecule has 0 saturated carbocycles. The summed E-state index contributed by atoms with van der Waals surface area (Å²) in [5.74, 6) is -0.505. The Bertz CT molecular complexity index is 1950. The number of hydrogen-bond donors (Lipinski definition) is 3. The predicted octanol–water partition coefficient (Wildman–Crippen LogP) is 7.18. The third-order valence-corrected chi connectivity index (χ3v) is 8.53. The predicted molar refractivity (Wildman–Crippen MR) is 176 cm³/mol. The maximum absolute atomic E-state index is 13.4. The van der Waals surface area contributed by atoms with Crippen LogP contribution in [0.25, 0.3) is 32.4 Å². The van der Waals surface area contributed by atoms with Gasteiger partial charge in [0.2, 0.25) is 22.1 Å². The highest BCUT2D eigenvalue weighted by molar-refractivity contribution is 9.10. The van der Waals surface area contributed by atoms with Crippen molar-refractivity contribution in [1.82, 2.24) is 30.4 Å². The van der Waals surface area contributed by atoms with Gasteiger partial charge in [0.25, 0.3) is 0 Å². The molecule has 0 unspecified atom stereocenters. The Kier molecular flexibility index (Phi) is 9.19. The molecule has 0 aliphatic rings. The van der Waals surface area contributed by atoms with Crippen molar-refractivity contribution in [3.05, 3.63) is 95.5 Å². The fourth-order valence-electron chi connectivity index (χ4n) is 4.05. The lowest BCUT2D eigenvalue weighted by molar-refractivity contribution is -0.121. The van der Waals surface area contributed by atoms with Gasteiger partial charge in [-0.1, -0.05) is 50.7 Å². The minimum atomic E-state index is -0.360. The molecule has 6 rings (SSSR count). The van der Waals surface area contributed by atoms with Crippen LogP contribution in [0.3, 0.4) is 0 Å². The van der Waals surface area contributed by atoms with Crippen LogP contribution in [0, 0.1) is 5.82 Å². The van der Waals surface area contributed by atoms with Crippen molar-refractivity contribution in [2.24, 2.45) is 0 Å². The van der Waals surface area contributed by atoms with Crippen molar-refractivity contribution in [1.29, 1.82) is 0 Å². The van der Waals surface area contributed by atoms with Gasteiger partial charge in [-0.2, -0.15) is 0 Å². The van der Waals surface area contributed by atoms with Crippen LogP contribution < -0.4 is 16.0 Å². The lowest BCUT2D eigenvalue weighted by atomic mass is 10.1. The van der Waals surface area contributed by atoms with E-state index in [1.807, 2.05) is 48.5 Å². The highest BCUT2D eigenvalue weighted by Crippen LogP contribution is 2.31. The Hall–Kier alpha value is -4.99. The Balaban J connectivity index is 1.00. The van der Waals surface area contributed by atoms with Gasteiger partial charge >= 0.3 is 0 Å². The number of anilines is 4. The van der Waals surface area contributed by atoms with Gasteiger partial charge < -0.3 is 16.0 Å². The standard InChI is InChI=1S/C30H21BrFN9O2S2/c31-20-7-1-18(2-8-20)27-38-40-29(44-27)36-23(42)13-14-24(43)37-30-41-39-28(45-30)19-5-11-22(12-6-19)35-26-25(33-15-16-34-26)17-3-9-21(32)10-4-17/h1-12,15-16H,13-14H2,(H,34,35)(H,36,40,42)(H,37,41,43). The quantitative estimate of drug-likeness (QED) is 0.135. The van der Waals surface area contributed by atoms with Gasteiger partial charge in [-0.25, -0.2) is 9.37 Å². The van der Waals surface area contributed by atoms with E-state index in [0.717, 1.165) is 26.9 Å². The molecule has 3 aromatic heterocycles. The second-order valence-corrected chi connectivity index (χ2v) is 12.3. The Morgan fingerprint density at radius 2 is 1.18 bits per heavy atom. The third kappa shape index (κ3) is 7.75. The number of nitrogens with zero attached hydrogens (tertiary/aromatic N) is 6. The van der Waals surface area contributed by atoms with E-state index in [2.05, 4.69) is 62.2 Å². The Morgan fingerprint density at radius 3 is 1.76 bits per heavy atom. The molecular formula is C30H21BrFN9O2S2. The first-order valence-electron chi connectivity index (χ1n) is 13.4. The fraction of sp³-hybridized carbons (Fsp3) is 0.0667. The first kappa shape index (κ1) is 30.1. The molecule has 45 heavy (non-hydrogen) atoms. The van der Waals surface area contributed by atoms with Crippen molar-refractivity contribution in [2.75, 3.05) is 16.0 Å². The third-order valence-electron chi connectivity index (χ3n) is 6.22.